The Labute approximate surface area is 107 Å². The summed E-state index contributed by atoms with van der Waals surface area (Å²) in [6.07, 6.45) is 6.52. The van der Waals surface area contributed by atoms with Gasteiger partial charge >= 0.3 is 0 Å². The Morgan fingerprint density at radius 3 is 2.67 bits per heavy atom. The second kappa shape index (κ2) is 5.73. The van der Waals surface area contributed by atoms with Gasteiger partial charge in [-0.15, -0.1) is 0 Å². The lowest BCUT2D eigenvalue weighted by atomic mass is 10.3. The van der Waals surface area contributed by atoms with Gasteiger partial charge in [-0.2, -0.15) is 0 Å². The standard InChI is InChI=1S/C13H19N5/c1-4-13-17-11(10(2)14-3)8-18(13)9-12-15-6-5-7-16-12/h5-8,10,14H,4,9H2,1-3H3. The molecule has 2 heterocycles. The number of hydrogen-bond acceptors (Lipinski definition) is 4. The van der Waals surface area contributed by atoms with Crippen molar-refractivity contribution in [3.63, 3.8) is 0 Å². The molecule has 96 valence electrons. The molecule has 0 amide bonds. The molecule has 2 aromatic heterocycles. The van der Waals surface area contributed by atoms with Crippen LogP contribution in [0.2, 0.25) is 0 Å². The van der Waals surface area contributed by atoms with Crippen molar-refractivity contribution in [2.24, 2.45) is 0 Å². The van der Waals surface area contributed by atoms with E-state index in [1.165, 1.54) is 0 Å². The van der Waals surface area contributed by atoms with E-state index >= 15 is 0 Å². The summed E-state index contributed by atoms with van der Waals surface area (Å²) in [5.41, 5.74) is 1.06. The summed E-state index contributed by atoms with van der Waals surface area (Å²) >= 11 is 0. The van der Waals surface area contributed by atoms with Gasteiger partial charge in [-0.3, -0.25) is 0 Å². The molecular formula is C13H19N5. The van der Waals surface area contributed by atoms with Gasteiger partial charge < -0.3 is 9.88 Å². The van der Waals surface area contributed by atoms with Crippen molar-refractivity contribution in [2.75, 3.05) is 7.05 Å². The molecule has 1 atom stereocenters. The van der Waals surface area contributed by atoms with Crippen LogP contribution in [0.15, 0.2) is 24.7 Å². The van der Waals surface area contributed by atoms with Gasteiger partial charge in [0.05, 0.1) is 12.2 Å². The summed E-state index contributed by atoms with van der Waals surface area (Å²) in [7, 11) is 1.94. The predicted molar refractivity (Wildman–Crippen MR) is 70.2 cm³/mol. The fourth-order valence-electron chi connectivity index (χ4n) is 1.82. The molecule has 18 heavy (non-hydrogen) atoms. The summed E-state index contributed by atoms with van der Waals surface area (Å²) in [6, 6.07) is 2.08. The maximum Gasteiger partial charge on any atom is 0.147 e. The van der Waals surface area contributed by atoms with E-state index < -0.39 is 0 Å². The lowest BCUT2D eigenvalue weighted by molar-refractivity contribution is 0.634. The van der Waals surface area contributed by atoms with Crippen LogP contribution in [-0.4, -0.2) is 26.6 Å². The van der Waals surface area contributed by atoms with E-state index in [1.54, 1.807) is 12.4 Å². The zero-order valence-electron chi connectivity index (χ0n) is 11.1. The Bertz CT molecular complexity index is 491. The van der Waals surface area contributed by atoms with E-state index in [4.69, 9.17) is 0 Å². The van der Waals surface area contributed by atoms with Gasteiger partial charge in [0.15, 0.2) is 0 Å². The highest BCUT2D eigenvalue weighted by Crippen LogP contribution is 2.13. The first-order valence-electron chi connectivity index (χ1n) is 6.23. The fraction of sp³-hybridized carbons (Fsp3) is 0.462. The molecule has 2 aromatic rings. The van der Waals surface area contributed by atoms with Crippen LogP contribution < -0.4 is 5.32 Å². The zero-order chi connectivity index (χ0) is 13.0. The van der Waals surface area contributed by atoms with Crippen LogP contribution in [-0.2, 0) is 13.0 Å². The molecule has 0 aliphatic rings. The third-order valence-corrected chi connectivity index (χ3v) is 3.00. The van der Waals surface area contributed by atoms with Crippen molar-refractivity contribution in [1.29, 1.82) is 0 Å². The monoisotopic (exact) mass is 245 g/mol. The molecule has 5 heteroatoms. The Balaban J connectivity index is 2.24. The van der Waals surface area contributed by atoms with Crippen molar-refractivity contribution in [2.45, 2.75) is 32.9 Å². The van der Waals surface area contributed by atoms with E-state index in [0.717, 1.165) is 23.8 Å². The highest BCUT2D eigenvalue weighted by Gasteiger charge is 2.11. The first-order chi connectivity index (χ1) is 8.74. The van der Waals surface area contributed by atoms with Gasteiger partial charge in [0.1, 0.15) is 11.6 Å². The Kier molecular flexibility index (Phi) is 4.04. The van der Waals surface area contributed by atoms with Gasteiger partial charge in [0.2, 0.25) is 0 Å². The molecule has 0 aliphatic carbocycles. The number of imidazole rings is 1. The minimum atomic E-state index is 0.258. The molecule has 1 unspecified atom stereocenters. The van der Waals surface area contributed by atoms with Crippen LogP contribution in [0.4, 0.5) is 0 Å². The molecule has 0 aromatic carbocycles. The topological polar surface area (TPSA) is 55.6 Å². The fourth-order valence-corrected chi connectivity index (χ4v) is 1.82. The zero-order valence-corrected chi connectivity index (χ0v) is 11.1. The smallest absolute Gasteiger partial charge is 0.147 e. The van der Waals surface area contributed by atoms with Crippen LogP contribution >= 0.6 is 0 Å². The quantitative estimate of drug-likeness (QED) is 0.868. The first-order valence-corrected chi connectivity index (χ1v) is 6.23. The summed E-state index contributed by atoms with van der Waals surface area (Å²) in [4.78, 5) is 13.1. The van der Waals surface area contributed by atoms with Crippen LogP contribution in [0.3, 0.4) is 0 Å². The summed E-state index contributed by atoms with van der Waals surface area (Å²) in [6.45, 7) is 4.89. The normalized spacial score (nSPS) is 12.6. The highest BCUT2D eigenvalue weighted by atomic mass is 15.1. The molecular weight excluding hydrogens is 226 g/mol. The average molecular weight is 245 g/mol. The summed E-state index contributed by atoms with van der Waals surface area (Å²) in [5.74, 6) is 1.88. The van der Waals surface area contributed by atoms with Crippen molar-refractivity contribution in [3.05, 3.63) is 42.0 Å². The Hall–Kier alpha value is -1.75. The van der Waals surface area contributed by atoms with E-state index in [9.17, 15) is 0 Å². The SMILES string of the molecule is CCc1nc(C(C)NC)cn1Cc1ncccn1. The maximum atomic E-state index is 4.64. The second-order valence-electron chi connectivity index (χ2n) is 4.24. The average Bonchev–Trinajstić information content (AvgIpc) is 2.82. The van der Waals surface area contributed by atoms with E-state index in [-0.39, 0.29) is 6.04 Å². The molecule has 0 bridgehead atoms. The Morgan fingerprint density at radius 1 is 1.33 bits per heavy atom. The number of nitrogens with one attached hydrogen (secondary N) is 1. The molecule has 0 saturated heterocycles. The van der Waals surface area contributed by atoms with Gasteiger partial charge in [0.25, 0.3) is 0 Å². The summed E-state index contributed by atoms with van der Waals surface area (Å²) in [5, 5.41) is 3.20. The molecule has 0 radical (unpaired) electrons. The summed E-state index contributed by atoms with van der Waals surface area (Å²) < 4.78 is 2.12. The number of aryl methyl sites for hydroxylation is 1. The van der Waals surface area contributed by atoms with E-state index in [1.807, 2.05) is 13.1 Å². The number of aromatic nitrogens is 4. The van der Waals surface area contributed by atoms with Crippen molar-refractivity contribution in [3.8, 4) is 0 Å². The lowest BCUT2D eigenvalue weighted by Gasteiger charge is -2.05. The lowest BCUT2D eigenvalue weighted by Crippen LogP contribution is -2.12. The highest BCUT2D eigenvalue weighted by molar-refractivity contribution is 5.09. The van der Waals surface area contributed by atoms with Gasteiger partial charge in [-0.1, -0.05) is 6.92 Å². The predicted octanol–water partition coefficient (Wildman–Crippen LogP) is 1.56. The van der Waals surface area contributed by atoms with Gasteiger partial charge in [-0.05, 0) is 20.0 Å². The van der Waals surface area contributed by atoms with Crippen molar-refractivity contribution < 1.29 is 0 Å². The first kappa shape index (κ1) is 12.7. The van der Waals surface area contributed by atoms with Gasteiger partial charge in [-0.25, -0.2) is 15.0 Å². The van der Waals surface area contributed by atoms with E-state index in [2.05, 4.69) is 44.9 Å². The minimum Gasteiger partial charge on any atom is -0.327 e. The van der Waals surface area contributed by atoms with Crippen molar-refractivity contribution >= 4 is 0 Å². The molecule has 0 saturated carbocycles. The van der Waals surface area contributed by atoms with Crippen LogP contribution in [0.1, 0.15) is 37.2 Å². The van der Waals surface area contributed by atoms with Crippen LogP contribution in [0.25, 0.3) is 0 Å². The van der Waals surface area contributed by atoms with Crippen LogP contribution in [0, 0.1) is 0 Å². The molecule has 0 spiro atoms. The van der Waals surface area contributed by atoms with Crippen LogP contribution in [0.5, 0.6) is 0 Å². The molecule has 2 rings (SSSR count). The molecule has 5 nitrogen and oxygen atoms in total. The van der Waals surface area contributed by atoms with E-state index in [0.29, 0.717) is 6.54 Å². The number of nitrogens with zero attached hydrogens (tertiary/aromatic N) is 4. The third-order valence-electron chi connectivity index (χ3n) is 3.00. The van der Waals surface area contributed by atoms with Gasteiger partial charge in [0, 0.05) is 31.1 Å². The largest absolute Gasteiger partial charge is 0.327 e. The molecule has 0 aliphatic heterocycles. The minimum absolute atomic E-state index is 0.258. The number of rotatable bonds is 5. The molecule has 1 N–H and O–H groups in total. The third kappa shape index (κ3) is 2.73. The maximum absolute atomic E-state index is 4.64. The Morgan fingerprint density at radius 2 is 2.06 bits per heavy atom. The molecule has 0 fully saturated rings. The van der Waals surface area contributed by atoms with Crippen molar-refractivity contribution in [1.82, 2.24) is 24.8 Å². The number of hydrogen-bond donors (Lipinski definition) is 1. The second-order valence-corrected chi connectivity index (χ2v) is 4.24.